The Morgan fingerprint density at radius 2 is 1.80 bits per heavy atom. The van der Waals surface area contributed by atoms with E-state index >= 15 is 0 Å². The number of anilines is 1. The van der Waals surface area contributed by atoms with Crippen molar-refractivity contribution in [3.63, 3.8) is 0 Å². The predicted molar refractivity (Wildman–Crippen MR) is 99.9 cm³/mol. The number of amides is 1. The van der Waals surface area contributed by atoms with Crippen molar-refractivity contribution in [1.29, 1.82) is 0 Å². The van der Waals surface area contributed by atoms with Crippen LogP contribution in [0.4, 0.5) is 5.69 Å². The van der Waals surface area contributed by atoms with Crippen LogP contribution in [0.25, 0.3) is 0 Å². The summed E-state index contributed by atoms with van der Waals surface area (Å²) in [5.41, 5.74) is 2.00. The highest BCUT2D eigenvalue weighted by Gasteiger charge is 2.13. The lowest BCUT2D eigenvalue weighted by molar-refractivity contribution is 0.102. The summed E-state index contributed by atoms with van der Waals surface area (Å²) in [6.45, 7) is 1.88. The molecule has 25 heavy (non-hydrogen) atoms. The number of aromatic nitrogens is 1. The molecule has 0 aliphatic heterocycles. The normalized spacial score (nSPS) is 10.4. The number of nitrogens with one attached hydrogen (secondary N) is 1. The van der Waals surface area contributed by atoms with E-state index in [1.165, 1.54) is 6.20 Å². The monoisotopic (exact) mass is 372 g/mol. The molecule has 0 aliphatic carbocycles. The molecule has 0 unspecified atom stereocenters. The molecule has 0 saturated carbocycles. The van der Waals surface area contributed by atoms with Gasteiger partial charge in [0.15, 0.2) is 5.75 Å². The number of pyridine rings is 1. The first-order valence-corrected chi connectivity index (χ1v) is 8.25. The van der Waals surface area contributed by atoms with Gasteiger partial charge < -0.3 is 10.1 Å². The maximum atomic E-state index is 12.5. The molecule has 0 radical (unpaired) electrons. The van der Waals surface area contributed by atoms with Crippen molar-refractivity contribution < 1.29 is 9.53 Å². The summed E-state index contributed by atoms with van der Waals surface area (Å²) in [5, 5.41) is 3.56. The van der Waals surface area contributed by atoms with Crippen LogP contribution in [0, 0.1) is 6.92 Å². The topological polar surface area (TPSA) is 51.2 Å². The van der Waals surface area contributed by atoms with E-state index in [9.17, 15) is 4.79 Å². The quantitative estimate of drug-likeness (QED) is 0.634. The second-order valence-electron chi connectivity index (χ2n) is 5.31. The predicted octanol–water partition coefficient (Wildman–Crippen LogP) is 5.74. The first-order chi connectivity index (χ1) is 12.0. The highest BCUT2D eigenvalue weighted by molar-refractivity contribution is 6.35. The smallest absolute Gasteiger partial charge is 0.256 e. The molecular weight excluding hydrogens is 359 g/mol. The number of nitrogens with zero attached hydrogens (tertiary/aromatic N) is 1. The van der Waals surface area contributed by atoms with Gasteiger partial charge in [0.2, 0.25) is 5.88 Å². The molecule has 0 spiro atoms. The minimum atomic E-state index is -0.218. The lowest BCUT2D eigenvalue weighted by Gasteiger charge is -2.13. The van der Waals surface area contributed by atoms with E-state index in [-0.39, 0.29) is 16.8 Å². The van der Waals surface area contributed by atoms with E-state index in [4.69, 9.17) is 27.9 Å². The summed E-state index contributed by atoms with van der Waals surface area (Å²) in [5.74, 6) is 0.425. The Labute approximate surface area is 155 Å². The van der Waals surface area contributed by atoms with Crippen LogP contribution in [0.15, 0.2) is 60.8 Å². The average Bonchev–Trinajstić information content (AvgIpc) is 2.59. The van der Waals surface area contributed by atoms with Gasteiger partial charge in [-0.25, -0.2) is 4.98 Å². The highest BCUT2D eigenvalue weighted by Crippen LogP contribution is 2.33. The first-order valence-electron chi connectivity index (χ1n) is 7.49. The van der Waals surface area contributed by atoms with E-state index in [2.05, 4.69) is 10.3 Å². The Kier molecular flexibility index (Phi) is 5.22. The number of carbonyl (C=O) groups is 1. The third kappa shape index (κ3) is 4.10. The number of ether oxygens (including phenoxy) is 1. The van der Waals surface area contributed by atoms with Crippen LogP contribution < -0.4 is 10.1 Å². The van der Waals surface area contributed by atoms with Crippen LogP contribution in [0.3, 0.4) is 0 Å². The molecule has 4 nitrogen and oxygen atoms in total. The Morgan fingerprint density at radius 3 is 2.56 bits per heavy atom. The molecule has 126 valence electrons. The summed E-state index contributed by atoms with van der Waals surface area (Å²) in [6, 6.07) is 16.0. The Hall–Kier alpha value is -2.56. The van der Waals surface area contributed by atoms with Gasteiger partial charge in [-0.1, -0.05) is 53.5 Å². The number of hydrogen-bond acceptors (Lipinski definition) is 3. The third-order valence-electron chi connectivity index (χ3n) is 3.51. The Balaban J connectivity index is 1.86. The van der Waals surface area contributed by atoms with Crippen molar-refractivity contribution in [3.8, 4) is 11.6 Å². The number of carbonyl (C=O) groups excluding carboxylic acids is 1. The van der Waals surface area contributed by atoms with Gasteiger partial charge in [-0.3, -0.25) is 4.79 Å². The van der Waals surface area contributed by atoms with E-state index in [1.54, 1.807) is 36.4 Å². The summed E-state index contributed by atoms with van der Waals surface area (Å²) in [4.78, 5) is 16.6. The SMILES string of the molecule is Cc1ccccc1C(=O)Nc1ccccc1Oc1ncc(Cl)cc1Cl. The number of aryl methyl sites for hydroxylation is 1. The number of para-hydroxylation sites is 2. The molecule has 2 aromatic carbocycles. The van der Waals surface area contributed by atoms with Crippen LogP contribution in [0.2, 0.25) is 10.0 Å². The number of rotatable bonds is 4. The van der Waals surface area contributed by atoms with Gasteiger partial charge in [0.05, 0.1) is 10.7 Å². The Bertz CT molecular complexity index is 929. The van der Waals surface area contributed by atoms with Crippen molar-refractivity contribution in [2.45, 2.75) is 6.92 Å². The largest absolute Gasteiger partial charge is 0.435 e. The van der Waals surface area contributed by atoms with Crippen LogP contribution in [-0.4, -0.2) is 10.9 Å². The molecule has 0 saturated heterocycles. The van der Waals surface area contributed by atoms with Crippen molar-refractivity contribution >= 4 is 34.8 Å². The minimum absolute atomic E-state index is 0.212. The van der Waals surface area contributed by atoms with Gasteiger partial charge in [0, 0.05) is 11.8 Å². The lowest BCUT2D eigenvalue weighted by atomic mass is 10.1. The zero-order valence-electron chi connectivity index (χ0n) is 13.3. The van der Waals surface area contributed by atoms with E-state index in [0.717, 1.165) is 5.56 Å². The molecule has 1 aromatic heterocycles. The molecule has 3 aromatic rings. The molecule has 0 atom stereocenters. The molecule has 6 heteroatoms. The molecular formula is C19H14Cl2N2O2. The maximum absolute atomic E-state index is 12.5. The molecule has 1 N–H and O–H groups in total. The second-order valence-corrected chi connectivity index (χ2v) is 6.15. The fourth-order valence-electron chi connectivity index (χ4n) is 2.26. The van der Waals surface area contributed by atoms with E-state index in [0.29, 0.717) is 22.0 Å². The summed E-state index contributed by atoms with van der Waals surface area (Å²) in [7, 11) is 0. The molecule has 0 bridgehead atoms. The van der Waals surface area contributed by atoms with Crippen molar-refractivity contribution in [2.24, 2.45) is 0 Å². The first kappa shape index (κ1) is 17.3. The van der Waals surface area contributed by atoms with E-state index in [1.807, 2.05) is 25.1 Å². The summed E-state index contributed by atoms with van der Waals surface area (Å²) >= 11 is 11.9. The van der Waals surface area contributed by atoms with Crippen LogP contribution in [0.1, 0.15) is 15.9 Å². The molecule has 1 amide bonds. The Morgan fingerprint density at radius 1 is 1.08 bits per heavy atom. The molecule has 3 rings (SSSR count). The van der Waals surface area contributed by atoms with Crippen molar-refractivity contribution in [2.75, 3.05) is 5.32 Å². The van der Waals surface area contributed by atoms with Crippen LogP contribution in [-0.2, 0) is 0 Å². The molecule has 0 aliphatic rings. The molecule has 1 heterocycles. The van der Waals surface area contributed by atoms with Crippen LogP contribution in [0.5, 0.6) is 11.6 Å². The van der Waals surface area contributed by atoms with Gasteiger partial charge in [-0.2, -0.15) is 0 Å². The van der Waals surface area contributed by atoms with E-state index < -0.39 is 0 Å². The second kappa shape index (κ2) is 7.55. The number of halogens is 2. The van der Waals surface area contributed by atoms with Gasteiger partial charge in [0.25, 0.3) is 5.91 Å². The fraction of sp³-hybridized carbons (Fsp3) is 0.0526. The average molecular weight is 373 g/mol. The van der Waals surface area contributed by atoms with Crippen molar-refractivity contribution in [1.82, 2.24) is 4.98 Å². The number of benzene rings is 2. The summed E-state index contributed by atoms with van der Waals surface area (Å²) in [6.07, 6.45) is 1.44. The summed E-state index contributed by atoms with van der Waals surface area (Å²) < 4.78 is 5.75. The van der Waals surface area contributed by atoms with Gasteiger partial charge in [-0.05, 0) is 36.8 Å². The number of hydrogen-bond donors (Lipinski definition) is 1. The zero-order valence-corrected chi connectivity index (χ0v) is 14.8. The maximum Gasteiger partial charge on any atom is 0.256 e. The lowest BCUT2D eigenvalue weighted by Crippen LogP contribution is -2.13. The highest BCUT2D eigenvalue weighted by atomic mass is 35.5. The van der Waals surface area contributed by atoms with Crippen LogP contribution >= 0.6 is 23.2 Å². The van der Waals surface area contributed by atoms with Gasteiger partial charge >= 0.3 is 0 Å². The molecule has 0 fully saturated rings. The minimum Gasteiger partial charge on any atom is -0.435 e. The zero-order chi connectivity index (χ0) is 17.8. The standard InChI is InChI=1S/C19H14Cl2N2O2/c1-12-6-2-3-7-14(12)18(24)23-16-8-4-5-9-17(16)25-19-15(21)10-13(20)11-22-19/h2-11H,1H3,(H,23,24). The van der Waals surface area contributed by atoms with Gasteiger partial charge in [0.1, 0.15) is 5.02 Å². The van der Waals surface area contributed by atoms with Gasteiger partial charge in [-0.15, -0.1) is 0 Å². The fourth-order valence-corrected chi connectivity index (χ4v) is 2.68. The van der Waals surface area contributed by atoms with Crippen molar-refractivity contribution in [3.05, 3.63) is 82.0 Å². The third-order valence-corrected chi connectivity index (χ3v) is 3.98.